The molecule has 3 aliphatic rings. The summed E-state index contributed by atoms with van der Waals surface area (Å²) in [5.74, 6) is 1.62. The van der Waals surface area contributed by atoms with E-state index in [0.29, 0.717) is 0 Å². The summed E-state index contributed by atoms with van der Waals surface area (Å²) in [6, 6.07) is 5.06. The summed E-state index contributed by atoms with van der Waals surface area (Å²) in [6.45, 7) is 0. The summed E-state index contributed by atoms with van der Waals surface area (Å²) in [5, 5.41) is 11.9. The van der Waals surface area contributed by atoms with Crippen molar-refractivity contribution in [2.45, 2.75) is 19.3 Å². The van der Waals surface area contributed by atoms with Crippen molar-refractivity contribution in [1.29, 1.82) is 0 Å². The quantitative estimate of drug-likeness (QED) is 0.652. The fourth-order valence-electron chi connectivity index (χ4n) is 3.45. The van der Waals surface area contributed by atoms with E-state index in [0.717, 1.165) is 29.2 Å². The van der Waals surface area contributed by atoms with Gasteiger partial charge in [0.15, 0.2) is 0 Å². The molecule has 96 valence electrons. The molecule has 19 heavy (non-hydrogen) atoms. The van der Waals surface area contributed by atoms with Crippen LogP contribution in [0.3, 0.4) is 0 Å². The van der Waals surface area contributed by atoms with Gasteiger partial charge in [0.2, 0.25) is 0 Å². The summed E-state index contributed by atoms with van der Waals surface area (Å²) in [4.78, 5) is 13.6. The van der Waals surface area contributed by atoms with Crippen molar-refractivity contribution in [3.05, 3.63) is 46.1 Å². The molecule has 1 aromatic heterocycles. The first-order chi connectivity index (χ1) is 9.20. The Labute approximate surface area is 110 Å². The highest BCUT2D eigenvalue weighted by Crippen LogP contribution is 2.48. The van der Waals surface area contributed by atoms with Gasteiger partial charge < -0.3 is 4.98 Å². The number of nitrogens with zero attached hydrogens (tertiary/aromatic N) is 1. The number of hydrogen-bond acceptors (Lipinski definition) is 2. The first-order valence-electron chi connectivity index (χ1n) is 6.67. The standard InChI is InChI=1S/C15H14N2O2/c18-17(19)12-1-2-13-14(8-16-15(13)7-12)11-5-9-3-10(4-9)6-11/h1-2,5,7-10,16H,3-4,6H2. The molecule has 1 aromatic carbocycles. The molecule has 0 unspecified atom stereocenters. The molecule has 0 aliphatic heterocycles. The molecule has 2 bridgehead atoms. The Morgan fingerprint density at radius 3 is 2.84 bits per heavy atom. The second-order valence-corrected chi connectivity index (χ2v) is 5.68. The third kappa shape index (κ3) is 1.59. The number of allylic oxidation sites excluding steroid dienone is 2. The largest absolute Gasteiger partial charge is 0.360 e. The molecule has 0 radical (unpaired) electrons. The van der Waals surface area contributed by atoms with Crippen LogP contribution in [0.1, 0.15) is 24.8 Å². The number of fused-ring (bicyclic) bond motifs is 2. The van der Waals surface area contributed by atoms with Gasteiger partial charge in [0.05, 0.1) is 10.4 Å². The average molecular weight is 254 g/mol. The fourth-order valence-corrected chi connectivity index (χ4v) is 3.45. The zero-order chi connectivity index (χ0) is 13.0. The van der Waals surface area contributed by atoms with Gasteiger partial charge in [-0.2, -0.15) is 0 Å². The van der Waals surface area contributed by atoms with Gasteiger partial charge in [0.25, 0.3) is 5.69 Å². The number of hydrogen-bond donors (Lipinski definition) is 1. The highest BCUT2D eigenvalue weighted by atomic mass is 16.6. The zero-order valence-corrected chi connectivity index (χ0v) is 10.4. The molecule has 5 rings (SSSR count). The van der Waals surface area contributed by atoms with Crippen LogP contribution in [0.5, 0.6) is 0 Å². The van der Waals surface area contributed by atoms with Crippen LogP contribution in [0, 0.1) is 22.0 Å². The predicted octanol–water partition coefficient (Wildman–Crippen LogP) is 3.89. The summed E-state index contributed by atoms with van der Waals surface area (Å²) in [7, 11) is 0. The summed E-state index contributed by atoms with van der Waals surface area (Å²) in [5.41, 5.74) is 3.62. The number of H-pyrrole nitrogens is 1. The molecular weight excluding hydrogens is 240 g/mol. The molecule has 0 saturated heterocycles. The van der Waals surface area contributed by atoms with E-state index in [1.54, 1.807) is 12.1 Å². The second kappa shape index (κ2) is 3.70. The average Bonchev–Trinajstić information content (AvgIpc) is 2.80. The predicted molar refractivity (Wildman–Crippen MR) is 73.8 cm³/mol. The highest BCUT2D eigenvalue weighted by molar-refractivity contribution is 5.94. The van der Waals surface area contributed by atoms with Gasteiger partial charge >= 0.3 is 0 Å². The van der Waals surface area contributed by atoms with Gasteiger partial charge in [0, 0.05) is 29.3 Å². The molecule has 0 spiro atoms. The number of nitro groups is 1. The SMILES string of the molecule is O=[N+]([O-])c1ccc2c(C3=CC4CC(C3)C4)c[nH]c2c1. The van der Waals surface area contributed by atoms with Crippen molar-refractivity contribution in [3.8, 4) is 0 Å². The topological polar surface area (TPSA) is 58.9 Å². The lowest BCUT2D eigenvalue weighted by Gasteiger charge is -2.39. The van der Waals surface area contributed by atoms with E-state index in [1.165, 1.54) is 24.0 Å². The van der Waals surface area contributed by atoms with E-state index < -0.39 is 0 Å². The van der Waals surface area contributed by atoms with Gasteiger partial charge in [-0.3, -0.25) is 10.1 Å². The molecule has 1 saturated carbocycles. The van der Waals surface area contributed by atoms with Crippen molar-refractivity contribution in [2.75, 3.05) is 0 Å². The first-order valence-corrected chi connectivity index (χ1v) is 6.67. The minimum atomic E-state index is -0.352. The zero-order valence-electron chi connectivity index (χ0n) is 10.4. The number of aromatic amines is 1. The Bertz CT molecular complexity index is 708. The van der Waals surface area contributed by atoms with Crippen molar-refractivity contribution in [1.82, 2.24) is 4.98 Å². The lowest BCUT2D eigenvalue weighted by atomic mass is 9.66. The van der Waals surface area contributed by atoms with Crippen LogP contribution in [0.2, 0.25) is 0 Å². The van der Waals surface area contributed by atoms with E-state index >= 15 is 0 Å². The highest BCUT2D eigenvalue weighted by Gasteiger charge is 2.33. The maximum absolute atomic E-state index is 10.8. The first kappa shape index (κ1) is 10.8. The Morgan fingerprint density at radius 1 is 1.32 bits per heavy atom. The molecular formula is C15H14N2O2. The van der Waals surface area contributed by atoms with Crippen molar-refractivity contribution >= 4 is 22.2 Å². The molecule has 1 heterocycles. The Hall–Kier alpha value is -2.10. The van der Waals surface area contributed by atoms with E-state index in [2.05, 4.69) is 11.1 Å². The second-order valence-electron chi connectivity index (χ2n) is 5.68. The third-order valence-electron chi connectivity index (χ3n) is 4.44. The molecule has 0 atom stereocenters. The Kier molecular flexibility index (Phi) is 2.10. The number of rotatable bonds is 2. The number of aromatic nitrogens is 1. The van der Waals surface area contributed by atoms with Gasteiger partial charge in [0.1, 0.15) is 0 Å². The van der Waals surface area contributed by atoms with Crippen LogP contribution < -0.4 is 0 Å². The van der Waals surface area contributed by atoms with Crippen LogP contribution in [-0.4, -0.2) is 9.91 Å². The van der Waals surface area contributed by atoms with Gasteiger partial charge in [-0.15, -0.1) is 0 Å². The van der Waals surface area contributed by atoms with Crippen molar-refractivity contribution in [2.24, 2.45) is 11.8 Å². The Balaban J connectivity index is 1.81. The lowest BCUT2D eigenvalue weighted by molar-refractivity contribution is -0.384. The monoisotopic (exact) mass is 254 g/mol. The summed E-state index contributed by atoms with van der Waals surface area (Å²) < 4.78 is 0. The minimum Gasteiger partial charge on any atom is -0.360 e. The molecule has 0 amide bonds. The van der Waals surface area contributed by atoms with Crippen LogP contribution >= 0.6 is 0 Å². The van der Waals surface area contributed by atoms with Crippen LogP contribution in [0.4, 0.5) is 5.69 Å². The van der Waals surface area contributed by atoms with Crippen LogP contribution in [0.15, 0.2) is 30.5 Å². The van der Waals surface area contributed by atoms with Crippen LogP contribution in [-0.2, 0) is 0 Å². The summed E-state index contributed by atoms with van der Waals surface area (Å²) in [6.07, 6.45) is 8.23. The van der Waals surface area contributed by atoms with E-state index in [1.807, 2.05) is 12.3 Å². The molecule has 1 fully saturated rings. The van der Waals surface area contributed by atoms with E-state index in [9.17, 15) is 10.1 Å². The smallest absolute Gasteiger partial charge is 0.271 e. The van der Waals surface area contributed by atoms with E-state index in [4.69, 9.17) is 0 Å². The molecule has 4 heteroatoms. The van der Waals surface area contributed by atoms with Crippen LogP contribution in [0.25, 0.3) is 16.5 Å². The molecule has 3 aliphatic carbocycles. The normalized spacial score (nSPS) is 24.9. The molecule has 2 aromatic rings. The fraction of sp³-hybridized carbons (Fsp3) is 0.333. The van der Waals surface area contributed by atoms with Crippen molar-refractivity contribution < 1.29 is 4.92 Å². The summed E-state index contributed by atoms with van der Waals surface area (Å²) >= 11 is 0. The third-order valence-corrected chi connectivity index (χ3v) is 4.44. The maximum atomic E-state index is 10.8. The number of nitrogens with one attached hydrogen (secondary N) is 1. The number of benzene rings is 1. The lowest BCUT2D eigenvalue weighted by Crippen LogP contribution is -2.26. The molecule has 4 nitrogen and oxygen atoms in total. The van der Waals surface area contributed by atoms with Gasteiger partial charge in [-0.05, 0) is 42.7 Å². The minimum absolute atomic E-state index is 0.140. The van der Waals surface area contributed by atoms with Crippen molar-refractivity contribution in [3.63, 3.8) is 0 Å². The van der Waals surface area contributed by atoms with Gasteiger partial charge in [-0.1, -0.05) is 6.08 Å². The number of nitro benzene ring substituents is 1. The maximum Gasteiger partial charge on any atom is 0.271 e. The molecule has 1 N–H and O–H groups in total. The van der Waals surface area contributed by atoms with Gasteiger partial charge in [-0.25, -0.2) is 0 Å². The van der Waals surface area contributed by atoms with E-state index in [-0.39, 0.29) is 10.6 Å². The Morgan fingerprint density at radius 2 is 2.16 bits per heavy atom. The number of non-ortho nitro benzene ring substituents is 1.